The molecule has 6 heteroatoms. The number of nitrogens with one attached hydrogen (secondary N) is 2. The van der Waals surface area contributed by atoms with Crippen molar-refractivity contribution < 1.29 is 9.59 Å². The van der Waals surface area contributed by atoms with Crippen molar-refractivity contribution in [3.8, 4) is 0 Å². The third-order valence-corrected chi connectivity index (χ3v) is 4.37. The van der Waals surface area contributed by atoms with Gasteiger partial charge in [0.1, 0.15) is 11.4 Å². The molecule has 0 aliphatic carbocycles. The fourth-order valence-corrected chi connectivity index (χ4v) is 2.79. The Morgan fingerprint density at radius 2 is 1.39 bits per heavy atom. The van der Waals surface area contributed by atoms with Gasteiger partial charge in [0.05, 0.1) is 0 Å². The lowest BCUT2D eigenvalue weighted by molar-refractivity contribution is 0.101. The molecule has 2 amide bonds. The van der Waals surface area contributed by atoms with Gasteiger partial charge in [-0.2, -0.15) is 0 Å². The summed E-state index contributed by atoms with van der Waals surface area (Å²) in [5.41, 5.74) is 2.72. The van der Waals surface area contributed by atoms with Gasteiger partial charge < -0.3 is 10.6 Å². The van der Waals surface area contributed by atoms with Gasteiger partial charge >= 0.3 is 0 Å². The third kappa shape index (κ3) is 4.96. The largest absolute Gasteiger partial charge is 0.321 e. The zero-order chi connectivity index (χ0) is 20.1. The van der Waals surface area contributed by atoms with Gasteiger partial charge in [-0.3, -0.25) is 9.59 Å². The van der Waals surface area contributed by atoms with Crippen LogP contribution >= 0.6 is 11.6 Å². The van der Waals surface area contributed by atoms with Crippen molar-refractivity contribution in [1.82, 2.24) is 4.98 Å². The number of halogens is 1. The Morgan fingerprint density at radius 3 is 1.96 bits per heavy atom. The van der Waals surface area contributed by atoms with E-state index in [4.69, 9.17) is 11.6 Å². The highest BCUT2D eigenvalue weighted by atomic mass is 35.5. The molecule has 0 unspecified atom stereocenters. The Kier molecular flexibility index (Phi) is 6.06. The highest BCUT2D eigenvalue weighted by molar-refractivity contribution is 6.31. The summed E-state index contributed by atoms with van der Waals surface area (Å²) in [6.07, 6.45) is 0. The number of hydrogen-bond donors (Lipinski definition) is 2. The van der Waals surface area contributed by atoms with E-state index in [1.807, 2.05) is 24.3 Å². The summed E-state index contributed by atoms with van der Waals surface area (Å²) in [7, 11) is 0. The monoisotopic (exact) mass is 393 g/mol. The van der Waals surface area contributed by atoms with E-state index in [9.17, 15) is 9.59 Å². The lowest BCUT2D eigenvalue weighted by Crippen LogP contribution is -2.18. The van der Waals surface area contributed by atoms with Crippen LogP contribution < -0.4 is 10.6 Å². The van der Waals surface area contributed by atoms with E-state index in [-0.39, 0.29) is 17.3 Å². The van der Waals surface area contributed by atoms with Gasteiger partial charge in [0.15, 0.2) is 0 Å². The number of amides is 2. The van der Waals surface area contributed by atoms with Crippen LogP contribution in [0.2, 0.25) is 5.02 Å². The molecule has 5 nitrogen and oxygen atoms in total. The minimum atomic E-state index is -0.418. The van der Waals surface area contributed by atoms with Crippen molar-refractivity contribution in [1.29, 1.82) is 0 Å². The van der Waals surface area contributed by atoms with Crippen LogP contribution in [-0.2, 0) is 0 Å². The Morgan fingerprint density at radius 1 is 0.821 bits per heavy atom. The first-order valence-corrected chi connectivity index (χ1v) is 9.25. The van der Waals surface area contributed by atoms with Gasteiger partial charge in [-0.15, -0.1) is 0 Å². The van der Waals surface area contributed by atoms with Crippen LogP contribution in [0.3, 0.4) is 0 Å². The maximum atomic E-state index is 12.5. The first kappa shape index (κ1) is 19.6. The van der Waals surface area contributed by atoms with E-state index in [2.05, 4.69) is 29.5 Å². The topological polar surface area (TPSA) is 71.1 Å². The van der Waals surface area contributed by atoms with E-state index in [0.717, 1.165) is 0 Å². The molecule has 0 aliphatic rings. The van der Waals surface area contributed by atoms with E-state index in [0.29, 0.717) is 22.3 Å². The lowest BCUT2D eigenvalue weighted by atomic mass is 10.0. The molecule has 3 aromatic rings. The Hall–Kier alpha value is -3.18. The molecule has 1 aromatic heterocycles. The molecule has 0 saturated carbocycles. The van der Waals surface area contributed by atoms with Crippen LogP contribution in [0.5, 0.6) is 0 Å². The fraction of sp³-hybridized carbons (Fsp3) is 0.136. The summed E-state index contributed by atoms with van der Waals surface area (Å²) in [6.45, 7) is 4.22. The summed E-state index contributed by atoms with van der Waals surface area (Å²) < 4.78 is 0. The van der Waals surface area contributed by atoms with Gasteiger partial charge in [0.2, 0.25) is 0 Å². The second-order valence-corrected chi connectivity index (χ2v) is 7.04. The maximum absolute atomic E-state index is 12.5. The molecule has 0 aliphatic heterocycles. The molecule has 0 fully saturated rings. The summed E-state index contributed by atoms with van der Waals surface area (Å²) in [5.74, 6) is -0.381. The van der Waals surface area contributed by atoms with Gasteiger partial charge in [-0.05, 0) is 53.9 Å². The van der Waals surface area contributed by atoms with E-state index < -0.39 is 5.91 Å². The summed E-state index contributed by atoms with van der Waals surface area (Å²) >= 11 is 5.93. The van der Waals surface area contributed by atoms with Crippen molar-refractivity contribution in [3.05, 3.63) is 88.7 Å². The summed E-state index contributed by atoms with van der Waals surface area (Å²) in [6, 6.07) is 19.2. The number of hydrogen-bond acceptors (Lipinski definition) is 3. The third-order valence-electron chi connectivity index (χ3n) is 4.13. The number of carbonyl (C=O) groups is 2. The predicted octanol–water partition coefficient (Wildman–Crippen LogP) is 5.36. The van der Waals surface area contributed by atoms with Crippen molar-refractivity contribution in [2.75, 3.05) is 10.6 Å². The van der Waals surface area contributed by atoms with E-state index in [1.165, 1.54) is 5.56 Å². The van der Waals surface area contributed by atoms with Gasteiger partial charge in [-0.25, -0.2) is 4.98 Å². The van der Waals surface area contributed by atoms with Crippen LogP contribution in [-0.4, -0.2) is 16.8 Å². The Labute approximate surface area is 168 Å². The standard InChI is InChI=1S/C22H20ClN3O2/c1-14(2)15-9-11-17(12-10-15)24-21(27)19-7-4-8-20(26-19)22(28)25-18-6-3-5-16(23)13-18/h3-14H,1-2H3,(H,24,27)(H,25,28). The van der Waals surface area contributed by atoms with Crippen molar-refractivity contribution in [2.45, 2.75) is 19.8 Å². The smallest absolute Gasteiger partial charge is 0.274 e. The number of benzene rings is 2. The average Bonchev–Trinajstić information content (AvgIpc) is 2.68. The quantitative estimate of drug-likeness (QED) is 0.612. The minimum absolute atomic E-state index is 0.141. The highest BCUT2D eigenvalue weighted by Crippen LogP contribution is 2.18. The Balaban J connectivity index is 1.71. The molecule has 0 saturated heterocycles. The molecular formula is C22H20ClN3O2. The van der Waals surface area contributed by atoms with Crippen LogP contribution in [0.25, 0.3) is 0 Å². The normalized spacial score (nSPS) is 10.6. The van der Waals surface area contributed by atoms with E-state index >= 15 is 0 Å². The zero-order valence-electron chi connectivity index (χ0n) is 15.6. The molecule has 0 spiro atoms. The number of aromatic nitrogens is 1. The second-order valence-electron chi connectivity index (χ2n) is 6.60. The summed E-state index contributed by atoms with van der Waals surface area (Å²) in [5, 5.41) is 6.03. The molecule has 28 heavy (non-hydrogen) atoms. The van der Waals surface area contributed by atoms with Gasteiger partial charge in [-0.1, -0.05) is 49.7 Å². The number of pyridine rings is 1. The number of carbonyl (C=O) groups excluding carboxylic acids is 2. The highest BCUT2D eigenvalue weighted by Gasteiger charge is 2.13. The lowest BCUT2D eigenvalue weighted by Gasteiger charge is -2.09. The van der Waals surface area contributed by atoms with Crippen LogP contribution in [0, 0.1) is 0 Å². The first-order valence-electron chi connectivity index (χ1n) is 8.87. The van der Waals surface area contributed by atoms with Gasteiger partial charge in [0.25, 0.3) is 11.8 Å². The second kappa shape index (κ2) is 8.67. The van der Waals surface area contributed by atoms with Crippen LogP contribution in [0.1, 0.15) is 46.3 Å². The zero-order valence-corrected chi connectivity index (χ0v) is 16.3. The van der Waals surface area contributed by atoms with E-state index in [1.54, 1.807) is 42.5 Å². The number of rotatable bonds is 5. The molecule has 0 bridgehead atoms. The molecule has 0 radical (unpaired) electrons. The predicted molar refractivity (Wildman–Crippen MR) is 112 cm³/mol. The number of nitrogens with zero attached hydrogens (tertiary/aromatic N) is 1. The van der Waals surface area contributed by atoms with Crippen LogP contribution in [0.15, 0.2) is 66.7 Å². The first-order chi connectivity index (χ1) is 13.4. The van der Waals surface area contributed by atoms with Crippen molar-refractivity contribution in [3.63, 3.8) is 0 Å². The van der Waals surface area contributed by atoms with Crippen molar-refractivity contribution >= 4 is 34.8 Å². The van der Waals surface area contributed by atoms with Crippen LogP contribution in [0.4, 0.5) is 11.4 Å². The SMILES string of the molecule is CC(C)c1ccc(NC(=O)c2cccc(C(=O)Nc3cccc(Cl)c3)n2)cc1. The Bertz CT molecular complexity index is 1000. The molecule has 3 rings (SSSR count). The molecule has 1 heterocycles. The van der Waals surface area contributed by atoms with Gasteiger partial charge in [0, 0.05) is 16.4 Å². The summed E-state index contributed by atoms with van der Waals surface area (Å²) in [4.78, 5) is 29.1. The molecule has 142 valence electrons. The molecular weight excluding hydrogens is 374 g/mol. The number of anilines is 2. The molecule has 2 aromatic carbocycles. The maximum Gasteiger partial charge on any atom is 0.274 e. The average molecular weight is 394 g/mol. The minimum Gasteiger partial charge on any atom is -0.321 e. The molecule has 0 atom stereocenters. The fourth-order valence-electron chi connectivity index (χ4n) is 2.60. The molecule has 2 N–H and O–H groups in total. The van der Waals surface area contributed by atoms with Crippen molar-refractivity contribution in [2.24, 2.45) is 0 Å².